The molecule has 2 N–H and O–H groups in total. The van der Waals surface area contributed by atoms with Gasteiger partial charge in [-0.25, -0.2) is 0 Å². The molecule has 2 rings (SSSR count). The van der Waals surface area contributed by atoms with E-state index in [1.165, 1.54) is 12.0 Å². The number of aryl methyl sites for hydroxylation is 1. The van der Waals surface area contributed by atoms with E-state index in [2.05, 4.69) is 29.1 Å². The molecule has 1 aromatic rings. The smallest absolute Gasteiger partial charge is 0.0574 e. The Hall–Kier alpha value is -0.930. The van der Waals surface area contributed by atoms with Crippen LogP contribution in [0.3, 0.4) is 0 Å². The van der Waals surface area contributed by atoms with Gasteiger partial charge in [-0.05, 0) is 44.5 Å². The topological polar surface area (TPSA) is 42.1 Å². The minimum atomic E-state index is 0.0931. The number of hydrogen-bond donors (Lipinski definition) is 1. The van der Waals surface area contributed by atoms with Gasteiger partial charge in [0.2, 0.25) is 0 Å². The molecule has 0 bridgehead atoms. The Kier molecular flexibility index (Phi) is 3.03. The largest absolute Gasteiger partial charge is 0.322 e. The Labute approximate surface area is 91.3 Å². The average Bonchev–Trinajstić information content (AvgIpc) is 2.65. The van der Waals surface area contributed by atoms with Gasteiger partial charge in [0.25, 0.3) is 0 Å². The van der Waals surface area contributed by atoms with Gasteiger partial charge >= 0.3 is 0 Å². The second-order valence-corrected chi connectivity index (χ2v) is 4.60. The summed E-state index contributed by atoms with van der Waals surface area (Å²) in [6.07, 6.45) is 3.08. The van der Waals surface area contributed by atoms with Crippen molar-refractivity contribution in [1.82, 2.24) is 9.88 Å². The van der Waals surface area contributed by atoms with Crippen LogP contribution in [0.4, 0.5) is 0 Å². The van der Waals surface area contributed by atoms with Crippen molar-refractivity contribution in [2.75, 3.05) is 20.1 Å². The molecule has 0 amide bonds. The number of hydrogen-bond acceptors (Lipinski definition) is 3. The van der Waals surface area contributed by atoms with Crippen molar-refractivity contribution in [2.24, 2.45) is 11.7 Å². The molecule has 1 aliphatic heterocycles. The minimum Gasteiger partial charge on any atom is -0.322 e. The zero-order valence-corrected chi connectivity index (χ0v) is 9.48. The van der Waals surface area contributed by atoms with Gasteiger partial charge in [-0.3, -0.25) is 4.98 Å². The Morgan fingerprint density at radius 2 is 2.33 bits per heavy atom. The molecule has 0 aliphatic carbocycles. The number of rotatable bonds is 2. The Balaban J connectivity index is 2.07. The molecule has 2 atom stereocenters. The van der Waals surface area contributed by atoms with E-state index in [0.717, 1.165) is 18.8 Å². The summed E-state index contributed by atoms with van der Waals surface area (Å²) in [5.41, 5.74) is 8.44. The summed E-state index contributed by atoms with van der Waals surface area (Å²) < 4.78 is 0. The molecule has 3 heteroatoms. The molecule has 0 radical (unpaired) electrons. The summed E-state index contributed by atoms with van der Waals surface area (Å²) in [6, 6.07) is 4.23. The second kappa shape index (κ2) is 4.29. The van der Waals surface area contributed by atoms with Crippen LogP contribution in [0.2, 0.25) is 0 Å². The van der Waals surface area contributed by atoms with Gasteiger partial charge in [0.15, 0.2) is 0 Å². The molecule has 1 fully saturated rings. The van der Waals surface area contributed by atoms with Gasteiger partial charge in [0, 0.05) is 12.7 Å². The van der Waals surface area contributed by atoms with Gasteiger partial charge in [-0.15, -0.1) is 0 Å². The van der Waals surface area contributed by atoms with Crippen molar-refractivity contribution < 1.29 is 0 Å². The number of aromatic nitrogens is 1. The van der Waals surface area contributed by atoms with E-state index < -0.39 is 0 Å². The number of nitrogens with zero attached hydrogens (tertiary/aromatic N) is 2. The maximum Gasteiger partial charge on any atom is 0.0574 e. The van der Waals surface area contributed by atoms with Crippen molar-refractivity contribution in [2.45, 2.75) is 19.4 Å². The molecule has 0 aromatic carbocycles. The number of pyridine rings is 1. The molecule has 1 saturated heterocycles. The lowest BCUT2D eigenvalue weighted by Crippen LogP contribution is -2.25. The molecule has 2 unspecified atom stereocenters. The van der Waals surface area contributed by atoms with Crippen molar-refractivity contribution in [3.05, 3.63) is 29.6 Å². The first kappa shape index (κ1) is 10.6. The summed E-state index contributed by atoms with van der Waals surface area (Å²) in [7, 11) is 2.15. The summed E-state index contributed by atoms with van der Waals surface area (Å²) >= 11 is 0. The number of likely N-dealkylation sites (tertiary alicyclic amines) is 1. The predicted octanol–water partition coefficient (Wildman–Crippen LogP) is 1.34. The molecule has 1 aromatic heterocycles. The minimum absolute atomic E-state index is 0.0931. The van der Waals surface area contributed by atoms with Crippen LogP contribution in [0.1, 0.15) is 23.7 Å². The van der Waals surface area contributed by atoms with E-state index in [4.69, 9.17) is 5.73 Å². The zero-order chi connectivity index (χ0) is 10.8. The highest BCUT2D eigenvalue weighted by Crippen LogP contribution is 2.26. The molecular formula is C12H19N3. The highest BCUT2D eigenvalue weighted by Gasteiger charge is 2.26. The summed E-state index contributed by atoms with van der Waals surface area (Å²) in [5, 5.41) is 0. The van der Waals surface area contributed by atoms with Crippen molar-refractivity contribution >= 4 is 0 Å². The SMILES string of the molecule is Cc1ccc(C(N)C2CCN(C)C2)nc1. The fourth-order valence-corrected chi connectivity index (χ4v) is 2.18. The van der Waals surface area contributed by atoms with Gasteiger partial charge < -0.3 is 10.6 Å². The Morgan fingerprint density at radius 1 is 1.53 bits per heavy atom. The van der Waals surface area contributed by atoms with Crippen LogP contribution in [0.15, 0.2) is 18.3 Å². The van der Waals surface area contributed by atoms with Gasteiger partial charge in [0.05, 0.1) is 11.7 Å². The Morgan fingerprint density at radius 3 is 2.87 bits per heavy atom. The first-order valence-electron chi connectivity index (χ1n) is 5.53. The van der Waals surface area contributed by atoms with Crippen LogP contribution in [-0.2, 0) is 0 Å². The third-order valence-electron chi connectivity index (χ3n) is 3.21. The molecule has 3 nitrogen and oxygen atoms in total. The molecular weight excluding hydrogens is 186 g/mol. The van der Waals surface area contributed by atoms with Crippen LogP contribution >= 0.6 is 0 Å². The van der Waals surface area contributed by atoms with Gasteiger partial charge in [0.1, 0.15) is 0 Å². The maximum absolute atomic E-state index is 6.22. The van der Waals surface area contributed by atoms with Crippen LogP contribution in [-0.4, -0.2) is 30.0 Å². The van der Waals surface area contributed by atoms with Crippen LogP contribution < -0.4 is 5.73 Å². The summed E-state index contributed by atoms with van der Waals surface area (Å²) in [6.45, 7) is 4.30. The summed E-state index contributed by atoms with van der Waals surface area (Å²) in [5.74, 6) is 0.560. The second-order valence-electron chi connectivity index (χ2n) is 4.60. The lowest BCUT2D eigenvalue weighted by atomic mass is 9.96. The first-order chi connectivity index (χ1) is 7.16. The van der Waals surface area contributed by atoms with Crippen molar-refractivity contribution in [3.63, 3.8) is 0 Å². The highest BCUT2D eigenvalue weighted by molar-refractivity contribution is 5.15. The van der Waals surface area contributed by atoms with Crippen LogP contribution in [0.25, 0.3) is 0 Å². The monoisotopic (exact) mass is 205 g/mol. The zero-order valence-electron chi connectivity index (χ0n) is 9.48. The fourth-order valence-electron chi connectivity index (χ4n) is 2.18. The Bertz CT molecular complexity index is 320. The normalized spacial score (nSPS) is 24.3. The lowest BCUT2D eigenvalue weighted by Gasteiger charge is -2.18. The molecule has 15 heavy (non-hydrogen) atoms. The highest BCUT2D eigenvalue weighted by atomic mass is 15.1. The van der Waals surface area contributed by atoms with E-state index in [9.17, 15) is 0 Å². The molecule has 2 heterocycles. The van der Waals surface area contributed by atoms with E-state index in [0.29, 0.717) is 5.92 Å². The van der Waals surface area contributed by atoms with E-state index >= 15 is 0 Å². The van der Waals surface area contributed by atoms with E-state index in [-0.39, 0.29) is 6.04 Å². The predicted molar refractivity (Wildman–Crippen MR) is 61.5 cm³/mol. The first-order valence-corrected chi connectivity index (χ1v) is 5.53. The molecule has 82 valence electrons. The molecule has 0 saturated carbocycles. The maximum atomic E-state index is 6.22. The van der Waals surface area contributed by atoms with Gasteiger partial charge in [-0.2, -0.15) is 0 Å². The number of nitrogens with two attached hydrogens (primary N) is 1. The van der Waals surface area contributed by atoms with Gasteiger partial charge in [-0.1, -0.05) is 6.07 Å². The average molecular weight is 205 g/mol. The quantitative estimate of drug-likeness (QED) is 0.792. The molecule has 1 aliphatic rings. The third-order valence-corrected chi connectivity index (χ3v) is 3.21. The fraction of sp³-hybridized carbons (Fsp3) is 0.583. The molecule has 0 spiro atoms. The third kappa shape index (κ3) is 2.36. The summed E-state index contributed by atoms with van der Waals surface area (Å²) in [4.78, 5) is 6.74. The standard InChI is InChI=1S/C12H19N3/c1-9-3-4-11(14-7-9)12(13)10-5-6-15(2)8-10/h3-4,7,10,12H,5-6,8,13H2,1-2H3. The van der Waals surface area contributed by atoms with Crippen LogP contribution in [0.5, 0.6) is 0 Å². The van der Waals surface area contributed by atoms with E-state index in [1.807, 2.05) is 13.1 Å². The van der Waals surface area contributed by atoms with Crippen LogP contribution in [0, 0.1) is 12.8 Å². The van der Waals surface area contributed by atoms with Crippen molar-refractivity contribution in [1.29, 1.82) is 0 Å². The van der Waals surface area contributed by atoms with E-state index in [1.54, 1.807) is 0 Å². The lowest BCUT2D eigenvalue weighted by molar-refractivity contribution is 0.370. The van der Waals surface area contributed by atoms with Crippen molar-refractivity contribution in [3.8, 4) is 0 Å².